The minimum absolute atomic E-state index is 0.0501. The van der Waals surface area contributed by atoms with Gasteiger partial charge in [0.1, 0.15) is 17.9 Å². The Labute approximate surface area is 162 Å². The lowest BCUT2D eigenvalue weighted by molar-refractivity contribution is 0.100. The Morgan fingerprint density at radius 2 is 1.75 bits per heavy atom. The number of aldehydes is 1. The molecular weight excluding hydrogens is 352 g/mol. The first-order valence-corrected chi connectivity index (χ1v) is 8.95. The molecule has 0 fully saturated rings. The number of ketones is 1. The molecule has 4 rings (SSSR count). The minimum Gasteiger partial charge on any atom is -0.489 e. The summed E-state index contributed by atoms with van der Waals surface area (Å²) in [6.45, 7) is 2.37. The lowest BCUT2D eigenvalue weighted by atomic mass is 10.0. The lowest BCUT2D eigenvalue weighted by Gasteiger charge is -2.05. The van der Waals surface area contributed by atoms with Crippen LogP contribution >= 0.6 is 0 Å². The maximum atomic E-state index is 12.8. The monoisotopic (exact) mass is 370 g/mol. The first-order chi connectivity index (χ1) is 13.7. The summed E-state index contributed by atoms with van der Waals surface area (Å²) in [4.78, 5) is 24.5. The molecule has 0 bridgehead atoms. The molecular formula is C24H18O4. The summed E-state index contributed by atoms with van der Waals surface area (Å²) in [5.74, 6) is 0.344. The van der Waals surface area contributed by atoms with Gasteiger partial charge in [0.2, 0.25) is 5.78 Å². The van der Waals surface area contributed by atoms with Crippen LogP contribution < -0.4 is 4.74 Å². The van der Waals surface area contributed by atoms with Crippen LogP contribution in [0.25, 0.3) is 11.0 Å². The summed E-state index contributed by atoms with van der Waals surface area (Å²) < 4.78 is 11.6. The van der Waals surface area contributed by atoms with Crippen molar-refractivity contribution in [2.45, 2.75) is 13.5 Å². The number of hydrogen-bond acceptors (Lipinski definition) is 4. The van der Waals surface area contributed by atoms with E-state index < -0.39 is 0 Å². The summed E-state index contributed by atoms with van der Waals surface area (Å²) in [7, 11) is 0. The molecule has 4 nitrogen and oxygen atoms in total. The maximum absolute atomic E-state index is 12.8. The van der Waals surface area contributed by atoms with E-state index in [-0.39, 0.29) is 17.1 Å². The number of carbonyl (C=O) groups is 2. The summed E-state index contributed by atoms with van der Waals surface area (Å²) in [6.07, 6.45) is 0.664. The van der Waals surface area contributed by atoms with Crippen LogP contribution in [0, 0.1) is 6.92 Å². The Hall–Kier alpha value is -3.66. The number of rotatable bonds is 6. The van der Waals surface area contributed by atoms with Crippen molar-refractivity contribution in [3.8, 4) is 5.75 Å². The van der Waals surface area contributed by atoms with Gasteiger partial charge in [0, 0.05) is 17.0 Å². The van der Waals surface area contributed by atoms with Gasteiger partial charge in [-0.15, -0.1) is 0 Å². The highest BCUT2D eigenvalue weighted by atomic mass is 16.5. The third-order valence-electron chi connectivity index (χ3n) is 4.59. The topological polar surface area (TPSA) is 56.5 Å². The molecule has 1 heterocycles. The van der Waals surface area contributed by atoms with E-state index in [1.54, 1.807) is 30.3 Å². The predicted octanol–water partition coefficient (Wildman–Crippen LogP) is 5.36. The second-order valence-corrected chi connectivity index (χ2v) is 6.59. The summed E-state index contributed by atoms with van der Waals surface area (Å²) in [5.41, 5.74) is 3.29. The first-order valence-electron chi connectivity index (χ1n) is 8.95. The van der Waals surface area contributed by atoms with E-state index in [2.05, 4.69) is 0 Å². The van der Waals surface area contributed by atoms with Gasteiger partial charge in [-0.1, -0.05) is 60.2 Å². The van der Waals surface area contributed by atoms with Crippen LogP contribution in [-0.2, 0) is 6.61 Å². The molecule has 0 amide bonds. The summed E-state index contributed by atoms with van der Waals surface area (Å²) in [6, 6.07) is 22.2. The van der Waals surface area contributed by atoms with Gasteiger partial charge < -0.3 is 9.15 Å². The molecule has 0 atom stereocenters. The van der Waals surface area contributed by atoms with Gasteiger partial charge in [-0.3, -0.25) is 9.59 Å². The van der Waals surface area contributed by atoms with Crippen molar-refractivity contribution in [3.63, 3.8) is 0 Å². The van der Waals surface area contributed by atoms with Gasteiger partial charge in [0.25, 0.3) is 0 Å². The maximum Gasteiger partial charge on any atom is 0.228 e. The highest BCUT2D eigenvalue weighted by Gasteiger charge is 2.22. The first kappa shape index (κ1) is 17.7. The van der Waals surface area contributed by atoms with E-state index in [9.17, 15) is 9.59 Å². The number of aryl methyl sites for hydroxylation is 1. The van der Waals surface area contributed by atoms with Crippen molar-refractivity contribution < 1.29 is 18.7 Å². The highest BCUT2D eigenvalue weighted by molar-refractivity contribution is 6.15. The van der Waals surface area contributed by atoms with Gasteiger partial charge >= 0.3 is 0 Å². The molecule has 3 aromatic carbocycles. The lowest BCUT2D eigenvalue weighted by Crippen LogP contribution is -2.02. The second-order valence-electron chi connectivity index (χ2n) is 6.59. The van der Waals surface area contributed by atoms with Crippen molar-refractivity contribution in [2.24, 2.45) is 0 Å². The van der Waals surface area contributed by atoms with E-state index in [4.69, 9.17) is 9.15 Å². The molecule has 0 saturated carbocycles. The zero-order chi connectivity index (χ0) is 19.5. The number of carbonyl (C=O) groups excluding carboxylic acids is 2. The number of ether oxygens (including phenoxy) is 1. The SMILES string of the molecule is Cc1ccc(C(=O)c2oc3cc(OCc4ccccc4)ccc3c2C=O)cc1. The van der Waals surface area contributed by atoms with Crippen LogP contribution in [0.5, 0.6) is 5.75 Å². The molecule has 28 heavy (non-hydrogen) atoms. The van der Waals surface area contributed by atoms with Crippen LogP contribution in [0.15, 0.2) is 77.2 Å². The third kappa shape index (κ3) is 3.45. The van der Waals surface area contributed by atoms with Gasteiger partial charge in [0.15, 0.2) is 12.0 Å². The predicted molar refractivity (Wildman–Crippen MR) is 107 cm³/mol. The molecule has 0 aliphatic rings. The molecule has 1 aromatic heterocycles. The molecule has 0 saturated heterocycles. The van der Waals surface area contributed by atoms with Crippen molar-refractivity contribution in [1.29, 1.82) is 0 Å². The number of hydrogen-bond donors (Lipinski definition) is 0. The number of benzene rings is 3. The summed E-state index contributed by atoms with van der Waals surface area (Å²) >= 11 is 0. The quantitative estimate of drug-likeness (QED) is 0.338. The van der Waals surface area contributed by atoms with Crippen LogP contribution in [0.2, 0.25) is 0 Å². The van der Waals surface area contributed by atoms with E-state index >= 15 is 0 Å². The number of fused-ring (bicyclic) bond motifs is 1. The van der Waals surface area contributed by atoms with E-state index in [0.717, 1.165) is 11.1 Å². The zero-order valence-electron chi connectivity index (χ0n) is 15.3. The average molecular weight is 370 g/mol. The van der Waals surface area contributed by atoms with Gasteiger partial charge in [-0.2, -0.15) is 0 Å². The fourth-order valence-corrected chi connectivity index (χ4v) is 3.05. The van der Waals surface area contributed by atoms with Gasteiger partial charge in [0.05, 0.1) is 5.56 Å². The Morgan fingerprint density at radius 3 is 2.46 bits per heavy atom. The van der Waals surface area contributed by atoms with Crippen LogP contribution in [0.1, 0.15) is 37.6 Å². The Morgan fingerprint density at radius 1 is 1.00 bits per heavy atom. The molecule has 0 spiro atoms. The molecule has 0 radical (unpaired) electrons. The summed E-state index contributed by atoms with van der Waals surface area (Å²) in [5, 5.41) is 0.595. The number of furan rings is 1. The highest BCUT2D eigenvalue weighted by Crippen LogP contribution is 2.30. The second kappa shape index (κ2) is 7.53. The molecule has 138 valence electrons. The molecule has 0 N–H and O–H groups in total. The third-order valence-corrected chi connectivity index (χ3v) is 4.59. The fraction of sp³-hybridized carbons (Fsp3) is 0.0833. The fourth-order valence-electron chi connectivity index (χ4n) is 3.05. The Balaban J connectivity index is 1.65. The molecule has 4 aromatic rings. The molecule has 0 aliphatic heterocycles. The van der Waals surface area contributed by atoms with Crippen molar-refractivity contribution in [1.82, 2.24) is 0 Å². The van der Waals surface area contributed by atoms with Crippen molar-refractivity contribution in [3.05, 3.63) is 101 Å². The zero-order valence-corrected chi connectivity index (χ0v) is 15.3. The molecule has 0 unspecified atom stereocenters. The van der Waals surface area contributed by atoms with Gasteiger partial charge in [-0.05, 0) is 24.6 Å². The minimum atomic E-state index is -0.315. The van der Waals surface area contributed by atoms with Crippen LogP contribution in [-0.4, -0.2) is 12.1 Å². The largest absolute Gasteiger partial charge is 0.489 e. The van der Waals surface area contributed by atoms with Crippen LogP contribution in [0.3, 0.4) is 0 Å². The van der Waals surface area contributed by atoms with Gasteiger partial charge in [-0.25, -0.2) is 0 Å². The van der Waals surface area contributed by atoms with E-state index in [1.807, 2.05) is 49.4 Å². The Bertz CT molecular complexity index is 1140. The molecule has 0 aliphatic carbocycles. The standard InChI is InChI=1S/C24H18O4/c1-16-7-9-18(10-8-16)23(26)24-21(14-25)20-12-11-19(13-22(20)28-24)27-15-17-5-3-2-4-6-17/h2-14H,15H2,1H3. The van der Waals surface area contributed by atoms with E-state index in [1.165, 1.54) is 0 Å². The van der Waals surface area contributed by atoms with Crippen LogP contribution in [0.4, 0.5) is 0 Å². The van der Waals surface area contributed by atoms with Crippen molar-refractivity contribution >= 4 is 23.0 Å². The smallest absolute Gasteiger partial charge is 0.228 e. The van der Waals surface area contributed by atoms with Crippen molar-refractivity contribution in [2.75, 3.05) is 0 Å². The Kier molecular flexibility index (Phi) is 4.77. The van der Waals surface area contributed by atoms with E-state index in [0.29, 0.717) is 35.2 Å². The normalized spacial score (nSPS) is 10.8. The average Bonchev–Trinajstić information content (AvgIpc) is 3.11. The molecule has 4 heteroatoms.